The van der Waals surface area contributed by atoms with Crippen molar-refractivity contribution in [2.24, 2.45) is 17.8 Å². The first-order valence-electron chi connectivity index (χ1n) is 20.4. The summed E-state index contributed by atoms with van der Waals surface area (Å²) in [5.74, 6) is 3.31. The molecule has 2 aliphatic carbocycles. The summed E-state index contributed by atoms with van der Waals surface area (Å²) in [4.78, 5) is 0. The first-order chi connectivity index (χ1) is 24.4. The van der Waals surface area contributed by atoms with Crippen molar-refractivity contribution in [1.82, 2.24) is 0 Å². The van der Waals surface area contributed by atoms with E-state index in [4.69, 9.17) is 37.9 Å². The monoisotopic (exact) mass is 759 g/mol. The van der Waals surface area contributed by atoms with Gasteiger partial charge in [0, 0.05) is 5.92 Å². The summed E-state index contributed by atoms with van der Waals surface area (Å²) in [5.41, 5.74) is -1.01. The molecule has 1 fully saturated rings. The maximum absolute atomic E-state index is 6.56. The lowest BCUT2D eigenvalue weighted by molar-refractivity contribution is -0.234. The molecule has 1 aromatic carbocycles. The highest BCUT2D eigenvalue weighted by molar-refractivity contribution is 5.45. The van der Waals surface area contributed by atoms with Crippen molar-refractivity contribution in [2.45, 2.75) is 216 Å². The Labute approximate surface area is 330 Å². The van der Waals surface area contributed by atoms with Gasteiger partial charge in [0.15, 0.2) is 36.7 Å². The van der Waals surface area contributed by atoms with Crippen LogP contribution in [0.2, 0.25) is 0 Å². The van der Waals surface area contributed by atoms with E-state index < -0.39 is 30.8 Å². The molecule has 0 aromatic heterocycles. The number of benzene rings is 1. The summed E-state index contributed by atoms with van der Waals surface area (Å²) in [6, 6.07) is 6.37. The van der Waals surface area contributed by atoms with Gasteiger partial charge >= 0.3 is 0 Å². The van der Waals surface area contributed by atoms with Crippen molar-refractivity contribution >= 4 is 0 Å². The van der Waals surface area contributed by atoms with Gasteiger partial charge in [-0.25, -0.2) is 0 Å². The maximum Gasteiger partial charge on any atom is 0.197 e. The van der Waals surface area contributed by atoms with E-state index in [2.05, 4.69) is 51.1 Å². The van der Waals surface area contributed by atoms with E-state index in [0.29, 0.717) is 23.3 Å². The molecule has 6 unspecified atom stereocenters. The second kappa shape index (κ2) is 17.6. The van der Waals surface area contributed by atoms with E-state index in [1.54, 1.807) is 0 Å². The Morgan fingerprint density at radius 2 is 1.02 bits per heavy atom. The third-order valence-corrected chi connectivity index (χ3v) is 9.86. The van der Waals surface area contributed by atoms with Crippen LogP contribution in [-0.4, -0.2) is 53.2 Å². The topological polar surface area (TPSA) is 73.8 Å². The van der Waals surface area contributed by atoms with Gasteiger partial charge in [-0.15, -0.1) is 0 Å². The average Bonchev–Trinajstić information content (AvgIpc) is 2.95. The molecule has 0 heterocycles. The van der Waals surface area contributed by atoms with Gasteiger partial charge in [-0.1, -0.05) is 26.0 Å². The number of ether oxygens (including phenoxy) is 8. The number of rotatable bonds is 15. The van der Waals surface area contributed by atoms with Crippen LogP contribution in [0.1, 0.15) is 163 Å². The fraction of sp³-hybridized carbons (Fsp3) is 0.783. The molecule has 8 heteroatoms. The van der Waals surface area contributed by atoms with E-state index in [1.165, 1.54) is 5.56 Å². The van der Waals surface area contributed by atoms with Crippen molar-refractivity contribution in [2.75, 3.05) is 0 Å². The van der Waals surface area contributed by atoms with E-state index in [9.17, 15) is 0 Å². The van der Waals surface area contributed by atoms with Crippen LogP contribution in [0.15, 0.2) is 42.2 Å². The normalized spacial score (nSPS) is 25.4. The number of hydrogen-bond acceptors (Lipinski definition) is 8. The van der Waals surface area contributed by atoms with Gasteiger partial charge in [-0.05, 0) is 190 Å². The summed E-state index contributed by atoms with van der Waals surface area (Å²) in [6.07, 6.45) is 9.44. The molecule has 0 radical (unpaired) electrons. The van der Waals surface area contributed by atoms with Crippen molar-refractivity contribution in [3.63, 3.8) is 0 Å². The minimum atomic E-state index is -0.780. The molecule has 54 heavy (non-hydrogen) atoms. The summed E-state index contributed by atoms with van der Waals surface area (Å²) in [5, 5.41) is 0. The molecule has 0 amide bonds. The predicted molar refractivity (Wildman–Crippen MR) is 219 cm³/mol. The summed E-state index contributed by atoms with van der Waals surface area (Å²) in [6.45, 7) is 39.0. The molecule has 0 spiro atoms. The highest BCUT2D eigenvalue weighted by atomic mass is 16.7. The van der Waals surface area contributed by atoms with Gasteiger partial charge in [0.05, 0.1) is 22.4 Å². The van der Waals surface area contributed by atoms with Gasteiger partial charge in [0.2, 0.25) is 0 Å². The van der Waals surface area contributed by atoms with Crippen LogP contribution in [0.3, 0.4) is 0 Å². The molecule has 2 aliphatic rings. The van der Waals surface area contributed by atoms with E-state index in [-0.39, 0.29) is 33.7 Å². The first kappa shape index (κ1) is 46.3. The van der Waals surface area contributed by atoms with Crippen LogP contribution in [0.4, 0.5) is 0 Å². The predicted octanol–water partition coefficient (Wildman–Crippen LogP) is 12.0. The summed E-state index contributed by atoms with van der Waals surface area (Å²) < 4.78 is 50.4. The van der Waals surface area contributed by atoms with Crippen molar-refractivity contribution in [3.8, 4) is 11.5 Å². The molecule has 6 atom stereocenters. The molecule has 0 saturated heterocycles. The molecule has 1 aromatic rings. The largest absolute Gasteiger partial charge is 0.466 e. The van der Waals surface area contributed by atoms with Crippen LogP contribution in [0.5, 0.6) is 11.5 Å². The van der Waals surface area contributed by atoms with Gasteiger partial charge < -0.3 is 37.9 Å². The number of hydrogen-bond donors (Lipinski definition) is 0. The lowest BCUT2D eigenvalue weighted by Crippen LogP contribution is -2.41. The lowest BCUT2D eigenvalue weighted by atomic mass is 9.64. The maximum atomic E-state index is 6.56. The second-order valence-electron chi connectivity index (χ2n) is 20.2. The lowest BCUT2D eigenvalue weighted by Gasteiger charge is -2.43. The smallest absolute Gasteiger partial charge is 0.197 e. The minimum absolute atomic E-state index is 0.0922. The van der Waals surface area contributed by atoms with Crippen LogP contribution < -0.4 is 9.47 Å². The average molecular weight is 759 g/mol. The Bertz CT molecular complexity index is 1390. The highest BCUT2D eigenvalue weighted by Crippen LogP contribution is 2.47. The standard InChI is InChI=1S/C46H78O8/c1-30(50-41(5,6)7)47-38-25-24-37(29-39(38)48-31(2)51-42(8,9)10)45(17,18)36-22-20-34(21-23-36)35-26-27-46(19,54-33(4)53-44(14,15)16)40(28-35)49-32(3)52-43(11,12)13/h24-36H,20-23H2,1-19H3. The third-order valence-electron chi connectivity index (χ3n) is 9.86. The van der Waals surface area contributed by atoms with Crippen LogP contribution in [0, 0.1) is 17.8 Å². The minimum Gasteiger partial charge on any atom is -0.466 e. The fourth-order valence-corrected chi connectivity index (χ4v) is 7.85. The third kappa shape index (κ3) is 14.8. The van der Waals surface area contributed by atoms with Crippen molar-refractivity contribution in [3.05, 3.63) is 47.7 Å². The highest BCUT2D eigenvalue weighted by Gasteiger charge is 2.41. The molecule has 0 bridgehead atoms. The van der Waals surface area contributed by atoms with Crippen LogP contribution in [-0.2, 0) is 33.8 Å². The fourth-order valence-electron chi connectivity index (χ4n) is 7.85. The van der Waals surface area contributed by atoms with Crippen molar-refractivity contribution in [1.29, 1.82) is 0 Å². The van der Waals surface area contributed by atoms with Crippen LogP contribution in [0.25, 0.3) is 0 Å². The number of allylic oxidation sites excluding steroid dienone is 2. The molecular formula is C46H78O8. The Morgan fingerprint density at radius 3 is 1.50 bits per heavy atom. The zero-order valence-electron chi connectivity index (χ0n) is 37.6. The Kier molecular flexibility index (Phi) is 15.1. The molecule has 0 aliphatic heterocycles. The molecule has 3 rings (SSSR count). The van der Waals surface area contributed by atoms with Crippen LogP contribution >= 0.6 is 0 Å². The molecule has 0 N–H and O–H groups in total. The van der Waals surface area contributed by atoms with Gasteiger partial charge in [0.1, 0.15) is 11.4 Å². The molecule has 8 nitrogen and oxygen atoms in total. The Morgan fingerprint density at radius 1 is 0.574 bits per heavy atom. The van der Waals surface area contributed by atoms with E-state index >= 15 is 0 Å². The quantitative estimate of drug-likeness (QED) is 0.129. The first-order valence-corrected chi connectivity index (χ1v) is 20.4. The Balaban J connectivity index is 1.82. The zero-order chi connectivity index (χ0) is 41.1. The van der Waals surface area contributed by atoms with E-state index in [0.717, 1.165) is 31.4 Å². The van der Waals surface area contributed by atoms with Gasteiger partial charge in [-0.3, -0.25) is 0 Å². The second-order valence-corrected chi connectivity index (χ2v) is 20.2. The van der Waals surface area contributed by atoms with Crippen molar-refractivity contribution < 1.29 is 37.9 Å². The SMILES string of the molecule is CC(OC1=CC(C2CCC(C(C)(C)c3ccc(OC(C)OC(C)(C)C)c(OC(C)OC(C)(C)C)c3)CC2)C=CC1(C)OC(C)OC(C)(C)C)OC(C)(C)C. The molecular weight excluding hydrogens is 680 g/mol. The van der Waals surface area contributed by atoms with Gasteiger partial charge in [0.25, 0.3) is 0 Å². The Hall–Kier alpha value is -2.10. The summed E-state index contributed by atoms with van der Waals surface area (Å²) in [7, 11) is 0. The molecule has 1 saturated carbocycles. The molecule has 310 valence electrons. The zero-order valence-corrected chi connectivity index (χ0v) is 37.6. The van der Waals surface area contributed by atoms with Gasteiger partial charge in [-0.2, -0.15) is 0 Å². The van der Waals surface area contributed by atoms with E-state index in [1.807, 2.05) is 117 Å². The summed E-state index contributed by atoms with van der Waals surface area (Å²) >= 11 is 0.